The zero-order valence-electron chi connectivity index (χ0n) is 16.2. The molecule has 1 N–H and O–H groups in total. The summed E-state index contributed by atoms with van der Waals surface area (Å²) >= 11 is 2.18. The molecule has 0 aromatic rings. The quantitative estimate of drug-likeness (QED) is 0.595. The number of thioether (sulfide) groups is 1. The van der Waals surface area contributed by atoms with Gasteiger partial charge in [0.05, 0.1) is 19.8 Å². The van der Waals surface area contributed by atoms with Crippen molar-refractivity contribution in [2.24, 2.45) is 4.99 Å². The molecule has 2 saturated heterocycles. The van der Waals surface area contributed by atoms with Gasteiger partial charge in [-0.05, 0) is 19.8 Å². The molecule has 1 amide bonds. The molecule has 3 aliphatic rings. The van der Waals surface area contributed by atoms with E-state index in [-0.39, 0.29) is 5.91 Å². The van der Waals surface area contributed by atoms with E-state index in [1.807, 2.05) is 4.90 Å². The SMILES string of the molecule is CCNC(=NCCC(=O)N1CCOCC1)N1CCSC2(CCCCC2)C1. The Morgan fingerprint density at radius 2 is 1.92 bits per heavy atom. The van der Waals surface area contributed by atoms with Gasteiger partial charge in [0.1, 0.15) is 0 Å². The molecule has 1 aliphatic carbocycles. The number of nitrogens with one attached hydrogen (secondary N) is 1. The van der Waals surface area contributed by atoms with Crippen LogP contribution in [-0.2, 0) is 9.53 Å². The first kappa shape index (κ1) is 19.8. The Hall–Kier alpha value is -0.950. The van der Waals surface area contributed by atoms with Crippen LogP contribution in [0.5, 0.6) is 0 Å². The van der Waals surface area contributed by atoms with Crippen molar-refractivity contribution in [3.8, 4) is 0 Å². The average molecular weight is 383 g/mol. The van der Waals surface area contributed by atoms with Crippen LogP contribution in [0.1, 0.15) is 45.4 Å². The number of guanidine groups is 1. The molecule has 3 rings (SSSR count). The molecule has 2 heterocycles. The highest BCUT2D eigenvalue weighted by molar-refractivity contribution is 8.00. The second kappa shape index (κ2) is 9.83. The van der Waals surface area contributed by atoms with Gasteiger partial charge in [-0.1, -0.05) is 19.3 Å². The minimum Gasteiger partial charge on any atom is -0.378 e. The highest BCUT2D eigenvalue weighted by Gasteiger charge is 2.38. The standard InChI is InChI=1S/C19H34N4O2S/c1-2-20-18(21-9-6-17(24)22-10-13-25-14-11-22)23-12-15-26-19(16-23)7-4-3-5-8-19/h2-16H2,1H3,(H,20,21). The summed E-state index contributed by atoms with van der Waals surface area (Å²) in [6, 6.07) is 0. The summed E-state index contributed by atoms with van der Waals surface area (Å²) in [5.41, 5.74) is 0. The molecule has 7 heteroatoms. The summed E-state index contributed by atoms with van der Waals surface area (Å²) in [5.74, 6) is 2.37. The number of ether oxygens (including phenoxy) is 1. The minimum absolute atomic E-state index is 0.200. The molecule has 2 aliphatic heterocycles. The van der Waals surface area contributed by atoms with Gasteiger partial charge in [-0.15, -0.1) is 0 Å². The normalized spacial score (nSPS) is 24.0. The number of rotatable bonds is 4. The lowest BCUT2D eigenvalue weighted by molar-refractivity contribution is -0.135. The van der Waals surface area contributed by atoms with Crippen LogP contribution in [0.15, 0.2) is 4.99 Å². The number of aliphatic imine (C=N–C) groups is 1. The van der Waals surface area contributed by atoms with Crippen molar-refractivity contribution < 1.29 is 9.53 Å². The Morgan fingerprint density at radius 1 is 1.15 bits per heavy atom. The fraction of sp³-hybridized carbons (Fsp3) is 0.895. The summed E-state index contributed by atoms with van der Waals surface area (Å²) in [6.07, 6.45) is 7.28. The third-order valence-corrected chi connectivity index (χ3v) is 7.14. The number of nitrogens with zero attached hydrogens (tertiary/aromatic N) is 3. The molecule has 0 unspecified atom stereocenters. The molecule has 0 radical (unpaired) electrons. The second-order valence-electron chi connectivity index (χ2n) is 7.49. The molecule has 1 spiro atoms. The molecule has 26 heavy (non-hydrogen) atoms. The topological polar surface area (TPSA) is 57.2 Å². The molecule has 0 atom stereocenters. The molecule has 148 valence electrons. The van der Waals surface area contributed by atoms with E-state index in [0.717, 1.165) is 25.6 Å². The number of carbonyl (C=O) groups excluding carboxylic acids is 1. The van der Waals surface area contributed by atoms with Gasteiger partial charge < -0.3 is 19.9 Å². The van der Waals surface area contributed by atoms with Gasteiger partial charge in [0, 0.05) is 49.6 Å². The molecule has 0 aromatic carbocycles. The van der Waals surface area contributed by atoms with Gasteiger partial charge in [-0.25, -0.2) is 0 Å². The Kier molecular flexibility index (Phi) is 7.49. The molecule has 6 nitrogen and oxygen atoms in total. The lowest BCUT2D eigenvalue weighted by Crippen LogP contribution is -2.53. The van der Waals surface area contributed by atoms with Crippen molar-refractivity contribution in [2.75, 3.05) is 58.2 Å². The van der Waals surface area contributed by atoms with Crippen LogP contribution < -0.4 is 5.32 Å². The highest BCUT2D eigenvalue weighted by atomic mass is 32.2. The maximum atomic E-state index is 12.3. The third-order valence-electron chi connectivity index (χ3n) is 5.60. The van der Waals surface area contributed by atoms with E-state index in [2.05, 4.69) is 28.9 Å². The lowest BCUT2D eigenvalue weighted by Gasteiger charge is -2.45. The van der Waals surface area contributed by atoms with Gasteiger partial charge in [-0.3, -0.25) is 9.79 Å². The van der Waals surface area contributed by atoms with Crippen LogP contribution in [-0.4, -0.2) is 84.6 Å². The first-order valence-corrected chi connectivity index (χ1v) is 11.2. The first-order chi connectivity index (χ1) is 12.7. The number of morpholine rings is 1. The molecule has 0 aromatic heterocycles. The van der Waals surface area contributed by atoms with Gasteiger partial charge in [-0.2, -0.15) is 11.8 Å². The van der Waals surface area contributed by atoms with Crippen LogP contribution in [0, 0.1) is 0 Å². The smallest absolute Gasteiger partial charge is 0.224 e. The fourth-order valence-corrected chi connectivity index (χ4v) is 5.75. The fourth-order valence-electron chi connectivity index (χ4n) is 4.18. The average Bonchev–Trinajstić information content (AvgIpc) is 2.68. The van der Waals surface area contributed by atoms with E-state index >= 15 is 0 Å². The lowest BCUT2D eigenvalue weighted by atomic mass is 9.87. The van der Waals surface area contributed by atoms with E-state index in [1.165, 1.54) is 37.9 Å². The number of hydrogen-bond donors (Lipinski definition) is 1. The molecular weight excluding hydrogens is 348 g/mol. The van der Waals surface area contributed by atoms with E-state index in [0.29, 0.717) is 44.0 Å². The predicted molar refractivity (Wildman–Crippen MR) is 108 cm³/mol. The van der Waals surface area contributed by atoms with Crippen molar-refractivity contribution >= 4 is 23.6 Å². The zero-order chi connectivity index (χ0) is 18.2. The van der Waals surface area contributed by atoms with Crippen LogP contribution in [0.25, 0.3) is 0 Å². The number of hydrogen-bond acceptors (Lipinski definition) is 4. The van der Waals surface area contributed by atoms with Gasteiger partial charge in [0.15, 0.2) is 5.96 Å². The van der Waals surface area contributed by atoms with Crippen LogP contribution in [0.2, 0.25) is 0 Å². The van der Waals surface area contributed by atoms with Crippen molar-refractivity contribution in [1.82, 2.24) is 15.1 Å². The van der Waals surface area contributed by atoms with E-state index in [1.54, 1.807) is 0 Å². The zero-order valence-corrected chi connectivity index (χ0v) is 17.0. The third kappa shape index (κ3) is 5.28. The highest BCUT2D eigenvalue weighted by Crippen LogP contribution is 2.42. The van der Waals surface area contributed by atoms with Gasteiger partial charge in [0.2, 0.25) is 5.91 Å². The maximum absolute atomic E-state index is 12.3. The first-order valence-electron chi connectivity index (χ1n) is 10.3. The molecule has 3 fully saturated rings. The minimum atomic E-state index is 0.200. The number of amides is 1. The molecule has 0 bridgehead atoms. The Bertz CT molecular complexity index is 482. The van der Waals surface area contributed by atoms with Crippen molar-refractivity contribution in [2.45, 2.75) is 50.2 Å². The van der Waals surface area contributed by atoms with Crippen molar-refractivity contribution in [1.29, 1.82) is 0 Å². The summed E-state index contributed by atoms with van der Waals surface area (Å²) in [7, 11) is 0. The Labute approximate surface area is 162 Å². The van der Waals surface area contributed by atoms with Crippen LogP contribution >= 0.6 is 11.8 Å². The van der Waals surface area contributed by atoms with Gasteiger partial charge >= 0.3 is 0 Å². The van der Waals surface area contributed by atoms with Crippen molar-refractivity contribution in [3.05, 3.63) is 0 Å². The molecule has 1 saturated carbocycles. The largest absolute Gasteiger partial charge is 0.378 e. The van der Waals surface area contributed by atoms with E-state index in [9.17, 15) is 4.79 Å². The maximum Gasteiger partial charge on any atom is 0.224 e. The number of carbonyl (C=O) groups is 1. The Morgan fingerprint density at radius 3 is 2.65 bits per heavy atom. The van der Waals surface area contributed by atoms with Crippen LogP contribution in [0.4, 0.5) is 0 Å². The molecular formula is C19H34N4O2S. The van der Waals surface area contributed by atoms with Crippen molar-refractivity contribution in [3.63, 3.8) is 0 Å². The summed E-state index contributed by atoms with van der Waals surface area (Å²) < 4.78 is 5.75. The Balaban J connectivity index is 1.55. The van der Waals surface area contributed by atoms with E-state index < -0.39 is 0 Å². The van der Waals surface area contributed by atoms with Crippen LogP contribution in [0.3, 0.4) is 0 Å². The monoisotopic (exact) mass is 382 g/mol. The summed E-state index contributed by atoms with van der Waals surface area (Å²) in [6.45, 7) is 8.45. The van der Waals surface area contributed by atoms with E-state index in [4.69, 9.17) is 9.73 Å². The van der Waals surface area contributed by atoms with Gasteiger partial charge in [0.25, 0.3) is 0 Å². The summed E-state index contributed by atoms with van der Waals surface area (Å²) in [4.78, 5) is 21.5. The second-order valence-corrected chi connectivity index (χ2v) is 9.06. The predicted octanol–water partition coefficient (Wildman–Crippen LogP) is 1.95. The summed E-state index contributed by atoms with van der Waals surface area (Å²) in [5, 5.41) is 3.45.